The predicted octanol–water partition coefficient (Wildman–Crippen LogP) is 4.32. The molecule has 0 aromatic carbocycles. The van der Waals surface area contributed by atoms with Crippen LogP contribution >= 0.6 is 0 Å². The predicted molar refractivity (Wildman–Crippen MR) is 68.5 cm³/mol. The van der Waals surface area contributed by atoms with Gasteiger partial charge in [0.05, 0.1) is 0 Å². The van der Waals surface area contributed by atoms with Crippen LogP contribution in [0.2, 0.25) is 0 Å². The second kappa shape index (κ2) is 3.58. The lowest BCUT2D eigenvalue weighted by molar-refractivity contribution is 0.234. The van der Waals surface area contributed by atoms with Crippen molar-refractivity contribution in [1.29, 1.82) is 0 Å². The third kappa shape index (κ3) is 1.88. The highest BCUT2D eigenvalue weighted by atomic mass is 14.7. The molecule has 0 unspecified atom stereocenters. The summed E-state index contributed by atoms with van der Waals surface area (Å²) in [5.74, 6) is 0.583. The molecule has 1 aromatic rings. The molecule has 1 fully saturated rings. The van der Waals surface area contributed by atoms with Gasteiger partial charge in [0.25, 0.3) is 0 Å². The number of rotatable bonds is 1. The molecule has 1 aromatic heterocycles. The van der Waals surface area contributed by atoms with E-state index in [4.69, 9.17) is 4.98 Å². The summed E-state index contributed by atoms with van der Waals surface area (Å²) < 4.78 is 0. The van der Waals surface area contributed by atoms with Crippen LogP contribution in [0.25, 0.3) is 0 Å². The van der Waals surface area contributed by atoms with Crippen molar-refractivity contribution < 1.29 is 0 Å². The minimum absolute atomic E-state index is 0.379. The molecule has 0 saturated heterocycles. The molecule has 1 nitrogen and oxygen atoms in total. The lowest BCUT2D eigenvalue weighted by Gasteiger charge is -2.35. The molecule has 0 amide bonds. The van der Waals surface area contributed by atoms with Crippen LogP contribution in [0.5, 0.6) is 0 Å². The van der Waals surface area contributed by atoms with Gasteiger partial charge in [0.1, 0.15) is 0 Å². The molecule has 1 aliphatic rings. The van der Waals surface area contributed by atoms with Crippen molar-refractivity contribution in [2.75, 3.05) is 0 Å². The highest BCUT2D eigenvalue weighted by Crippen LogP contribution is 2.58. The zero-order chi connectivity index (χ0) is 12.0. The molecule has 0 spiro atoms. The zero-order valence-electron chi connectivity index (χ0n) is 11.2. The number of hydrogen-bond acceptors (Lipinski definition) is 1. The maximum absolute atomic E-state index is 4.75. The zero-order valence-corrected chi connectivity index (χ0v) is 11.2. The van der Waals surface area contributed by atoms with Crippen molar-refractivity contribution >= 4 is 0 Å². The summed E-state index contributed by atoms with van der Waals surface area (Å²) in [6.45, 7) is 11.6. The van der Waals surface area contributed by atoms with Crippen LogP contribution in [0.3, 0.4) is 0 Å². The molecule has 16 heavy (non-hydrogen) atoms. The molecule has 1 aliphatic carbocycles. The highest BCUT2D eigenvalue weighted by molar-refractivity contribution is 5.21. The fourth-order valence-electron chi connectivity index (χ4n) is 3.52. The molecule has 2 rings (SSSR count). The lowest BCUT2D eigenvalue weighted by Crippen LogP contribution is -2.26. The van der Waals surface area contributed by atoms with Crippen LogP contribution in [0.4, 0.5) is 0 Å². The average molecular weight is 217 g/mol. The number of aryl methyl sites for hydroxylation is 1. The molecule has 1 heteroatoms. The van der Waals surface area contributed by atoms with E-state index in [-0.39, 0.29) is 0 Å². The molecule has 88 valence electrons. The minimum atomic E-state index is 0.379. The van der Waals surface area contributed by atoms with E-state index >= 15 is 0 Å². The number of nitrogens with zero attached hydrogens (tertiary/aromatic N) is 1. The average Bonchev–Trinajstić information content (AvgIpc) is 2.35. The molecule has 0 aliphatic heterocycles. The van der Waals surface area contributed by atoms with Crippen molar-refractivity contribution in [3.8, 4) is 0 Å². The van der Waals surface area contributed by atoms with E-state index in [0.29, 0.717) is 16.7 Å². The third-order valence-electron chi connectivity index (χ3n) is 4.18. The van der Waals surface area contributed by atoms with E-state index in [1.807, 2.05) is 0 Å². The molecule has 0 N–H and O–H groups in total. The van der Waals surface area contributed by atoms with Gasteiger partial charge in [-0.25, -0.2) is 0 Å². The van der Waals surface area contributed by atoms with Gasteiger partial charge in [-0.1, -0.05) is 33.8 Å². The van der Waals surface area contributed by atoms with Gasteiger partial charge in [-0.3, -0.25) is 4.98 Å². The Hall–Kier alpha value is -0.850. The van der Waals surface area contributed by atoms with Gasteiger partial charge in [0, 0.05) is 17.3 Å². The Morgan fingerprint density at radius 1 is 1.06 bits per heavy atom. The molecular weight excluding hydrogens is 194 g/mol. The van der Waals surface area contributed by atoms with Gasteiger partial charge in [-0.05, 0) is 42.7 Å². The fraction of sp³-hybridized carbons (Fsp3) is 0.667. The molecule has 0 radical (unpaired) electrons. The van der Waals surface area contributed by atoms with Crippen molar-refractivity contribution in [3.63, 3.8) is 0 Å². The van der Waals surface area contributed by atoms with Crippen LogP contribution in [-0.4, -0.2) is 4.98 Å². The fourth-order valence-corrected chi connectivity index (χ4v) is 3.52. The Bertz CT molecular complexity index is 374. The van der Waals surface area contributed by atoms with E-state index in [0.717, 1.165) is 5.69 Å². The first kappa shape index (κ1) is 11.6. The molecule has 0 atom stereocenters. The first-order chi connectivity index (χ1) is 7.33. The largest absolute Gasteiger partial charge is 0.258 e. The van der Waals surface area contributed by atoms with Gasteiger partial charge in [-0.2, -0.15) is 0 Å². The van der Waals surface area contributed by atoms with E-state index < -0.39 is 0 Å². The Kier molecular flexibility index (Phi) is 2.60. The summed E-state index contributed by atoms with van der Waals surface area (Å²) in [4.78, 5) is 4.75. The first-order valence-electron chi connectivity index (χ1n) is 6.26. The van der Waals surface area contributed by atoms with Crippen LogP contribution in [-0.2, 0) is 0 Å². The van der Waals surface area contributed by atoms with Gasteiger partial charge >= 0.3 is 0 Å². The summed E-state index contributed by atoms with van der Waals surface area (Å²) in [6.07, 6.45) is 2.61. The monoisotopic (exact) mass is 217 g/mol. The minimum Gasteiger partial charge on any atom is -0.258 e. The van der Waals surface area contributed by atoms with Crippen molar-refractivity contribution in [3.05, 3.63) is 29.6 Å². The summed E-state index contributed by atoms with van der Waals surface area (Å²) in [7, 11) is 0. The lowest BCUT2D eigenvalue weighted by atomic mass is 9.70. The smallest absolute Gasteiger partial charge is 0.0448 e. The van der Waals surface area contributed by atoms with Crippen molar-refractivity contribution in [1.82, 2.24) is 4.98 Å². The quantitative estimate of drug-likeness (QED) is 0.682. The van der Waals surface area contributed by atoms with Gasteiger partial charge < -0.3 is 0 Å². The van der Waals surface area contributed by atoms with E-state index in [1.165, 1.54) is 18.5 Å². The van der Waals surface area contributed by atoms with Gasteiger partial charge in [-0.15, -0.1) is 0 Å². The highest BCUT2D eigenvalue weighted by Gasteiger charge is 2.48. The standard InChI is InChI=1S/C15H23N/c1-11-7-6-8-12(16-11)13-14(2,3)9-10-15(13,4)5/h6-8,13H,9-10H2,1-5H3. The summed E-state index contributed by atoms with van der Waals surface area (Å²) in [5, 5.41) is 0. The topological polar surface area (TPSA) is 12.9 Å². The maximum Gasteiger partial charge on any atom is 0.0448 e. The van der Waals surface area contributed by atoms with E-state index in [1.54, 1.807) is 0 Å². The Labute approximate surface area is 99.3 Å². The molecule has 0 bridgehead atoms. The maximum atomic E-state index is 4.75. The summed E-state index contributed by atoms with van der Waals surface area (Å²) in [5.41, 5.74) is 3.18. The second-order valence-corrected chi connectivity index (χ2v) is 6.61. The summed E-state index contributed by atoms with van der Waals surface area (Å²) >= 11 is 0. The van der Waals surface area contributed by atoms with Gasteiger partial charge in [0.15, 0.2) is 0 Å². The molecular formula is C15H23N. The molecule has 1 saturated carbocycles. The number of pyridine rings is 1. The summed E-state index contributed by atoms with van der Waals surface area (Å²) in [6, 6.07) is 6.42. The second-order valence-electron chi connectivity index (χ2n) is 6.61. The third-order valence-corrected chi connectivity index (χ3v) is 4.18. The van der Waals surface area contributed by atoms with Gasteiger partial charge in [0.2, 0.25) is 0 Å². The number of hydrogen-bond donors (Lipinski definition) is 0. The van der Waals surface area contributed by atoms with Crippen LogP contribution in [0, 0.1) is 17.8 Å². The Morgan fingerprint density at radius 3 is 2.12 bits per heavy atom. The van der Waals surface area contributed by atoms with E-state index in [9.17, 15) is 0 Å². The van der Waals surface area contributed by atoms with Crippen molar-refractivity contribution in [2.24, 2.45) is 10.8 Å². The molecule has 1 heterocycles. The normalized spacial score (nSPS) is 23.6. The first-order valence-corrected chi connectivity index (χ1v) is 6.26. The SMILES string of the molecule is Cc1cccc(C2C(C)(C)CCC2(C)C)n1. The van der Waals surface area contributed by atoms with Crippen LogP contribution < -0.4 is 0 Å². The van der Waals surface area contributed by atoms with Crippen LogP contribution in [0.1, 0.15) is 57.8 Å². The Balaban J connectivity index is 2.45. The Morgan fingerprint density at radius 2 is 1.62 bits per heavy atom. The van der Waals surface area contributed by atoms with E-state index in [2.05, 4.69) is 52.8 Å². The number of aromatic nitrogens is 1. The van der Waals surface area contributed by atoms with Crippen molar-refractivity contribution in [2.45, 2.75) is 53.4 Å². The van der Waals surface area contributed by atoms with Crippen LogP contribution in [0.15, 0.2) is 18.2 Å².